The zero-order valence-corrected chi connectivity index (χ0v) is 6.31. The van der Waals surface area contributed by atoms with E-state index in [2.05, 4.69) is 0 Å². The largest absolute Gasteiger partial charge is 0.504 e. The molecule has 0 bridgehead atoms. The second kappa shape index (κ2) is 3.42. The molecule has 1 aromatic rings. The van der Waals surface area contributed by atoms with E-state index >= 15 is 0 Å². The van der Waals surface area contributed by atoms with Crippen molar-refractivity contribution in [1.29, 1.82) is 0 Å². The third kappa shape index (κ3) is 1.66. The summed E-state index contributed by atoms with van der Waals surface area (Å²) in [6, 6.07) is 3.88. The van der Waals surface area contributed by atoms with Crippen LogP contribution in [0.25, 0.3) is 0 Å². The number of phenolic OH excluding ortho intramolecular Hbond substituents is 2. The van der Waals surface area contributed by atoms with Gasteiger partial charge in [-0.1, -0.05) is 6.07 Å². The van der Waals surface area contributed by atoms with Crippen molar-refractivity contribution in [3.05, 3.63) is 23.8 Å². The van der Waals surface area contributed by atoms with Gasteiger partial charge in [-0.25, -0.2) is 0 Å². The summed E-state index contributed by atoms with van der Waals surface area (Å²) >= 11 is 0. The van der Waals surface area contributed by atoms with Crippen molar-refractivity contribution in [3.63, 3.8) is 0 Å². The first-order valence-corrected chi connectivity index (χ1v) is 3.46. The highest BCUT2D eigenvalue weighted by Crippen LogP contribution is 2.27. The summed E-state index contributed by atoms with van der Waals surface area (Å²) in [7, 11) is 0. The summed E-state index contributed by atoms with van der Waals surface area (Å²) in [4.78, 5) is 0. The van der Waals surface area contributed by atoms with E-state index in [4.69, 9.17) is 20.4 Å². The molecule has 0 saturated carbocycles. The van der Waals surface area contributed by atoms with Gasteiger partial charge in [0, 0.05) is 0 Å². The monoisotopic (exact) mass is 170 g/mol. The number of phenols is 2. The zero-order chi connectivity index (χ0) is 9.14. The van der Waals surface area contributed by atoms with E-state index in [0.29, 0.717) is 5.56 Å². The summed E-state index contributed by atoms with van der Waals surface area (Å²) in [6.07, 6.45) is -1.02. The van der Waals surface area contributed by atoms with Crippen LogP contribution in [0.5, 0.6) is 11.5 Å². The molecule has 1 atom stereocenters. The molecule has 4 N–H and O–H groups in total. The van der Waals surface area contributed by atoms with Gasteiger partial charge in [0.2, 0.25) is 0 Å². The van der Waals surface area contributed by atoms with Gasteiger partial charge in [-0.3, -0.25) is 0 Å². The second-order valence-electron chi connectivity index (χ2n) is 2.45. The number of benzene rings is 1. The van der Waals surface area contributed by atoms with Crippen LogP contribution in [0.15, 0.2) is 18.2 Å². The topological polar surface area (TPSA) is 80.9 Å². The Morgan fingerprint density at radius 1 is 1.17 bits per heavy atom. The lowest BCUT2D eigenvalue weighted by Crippen LogP contribution is -2.01. The molecule has 0 heterocycles. The van der Waals surface area contributed by atoms with Crippen LogP contribution in [0.3, 0.4) is 0 Å². The van der Waals surface area contributed by atoms with E-state index in [0.717, 1.165) is 0 Å². The maximum atomic E-state index is 9.10. The van der Waals surface area contributed by atoms with Gasteiger partial charge in [-0.15, -0.1) is 0 Å². The quantitative estimate of drug-likeness (QED) is 0.475. The first-order chi connectivity index (χ1) is 5.65. The molecule has 1 aromatic carbocycles. The van der Waals surface area contributed by atoms with Gasteiger partial charge >= 0.3 is 0 Å². The molecule has 12 heavy (non-hydrogen) atoms. The van der Waals surface area contributed by atoms with Crippen LogP contribution in [-0.2, 0) is 0 Å². The first kappa shape index (κ1) is 8.83. The molecule has 0 spiro atoms. The number of rotatable bonds is 2. The van der Waals surface area contributed by atoms with Gasteiger partial charge < -0.3 is 20.4 Å². The molecule has 66 valence electrons. The van der Waals surface area contributed by atoms with E-state index in [9.17, 15) is 0 Å². The minimum atomic E-state index is -1.02. The Morgan fingerprint density at radius 3 is 2.33 bits per heavy atom. The Bertz CT molecular complexity index is 272. The maximum absolute atomic E-state index is 9.10. The minimum absolute atomic E-state index is 0.246. The van der Waals surface area contributed by atoms with Crippen LogP contribution >= 0.6 is 0 Å². The Labute approximate surface area is 69.3 Å². The van der Waals surface area contributed by atoms with E-state index in [1.165, 1.54) is 18.2 Å². The number of aliphatic hydroxyl groups excluding tert-OH is 2. The van der Waals surface area contributed by atoms with Crippen LogP contribution in [0.4, 0.5) is 0 Å². The van der Waals surface area contributed by atoms with Crippen molar-refractivity contribution in [2.45, 2.75) is 6.10 Å². The second-order valence-corrected chi connectivity index (χ2v) is 2.45. The SMILES string of the molecule is OCC(O)c1ccc(O)c(O)c1. The minimum Gasteiger partial charge on any atom is -0.504 e. The van der Waals surface area contributed by atoms with Crippen LogP contribution in [0.2, 0.25) is 0 Å². The van der Waals surface area contributed by atoms with Gasteiger partial charge in [0.1, 0.15) is 6.10 Å². The molecule has 4 heteroatoms. The fraction of sp³-hybridized carbons (Fsp3) is 0.250. The zero-order valence-electron chi connectivity index (χ0n) is 6.31. The van der Waals surface area contributed by atoms with Crippen molar-refractivity contribution in [2.24, 2.45) is 0 Å². The number of hydrogen-bond donors (Lipinski definition) is 4. The van der Waals surface area contributed by atoms with Crippen LogP contribution < -0.4 is 0 Å². The Balaban J connectivity index is 2.96. The van der Waals surface area contributed by atoms with Crippen LogP contribution in [0, 0.1) is 0 Å². The standard InChI is InChI=1S/C8H10O4/c9-4-8(12)5-1-2-6(10)7(11)3-5/h1-3,8-12H,4H2. The van der Waals surface area contributed by atoms with E-state index in [1.807, 2.05) is 0 Å². The molecule has 0 fully saturated rings. The van der Waals surface area contributed by atoms with Gasteiger partial charge in [0.25, 0.3) is 0 Å². The smallest absolute Gasteiger partial charge is 0.157 e. The highest BCUT2D eigenvalue weighted by Gasteiger charge is 2.07. The van der Waals surface area contributed by atoms with Gasteiger partial charge in [0.05, 0.1) is 6.61 Å². The Hall–Kier alpha value is -1.26. The summed E-state index contributed by atoms with van der Waals surface area (Å²) in [5.41, 5.74) is 0.368. The summed E-state index contributed by atoms with van der Waals surface area (Å²) in [5.74, 6) is -0.552. The molecule has 0 amide bonds. The lowest BCUT2D eigenvalue weighted by atomic mass is 10.1. The van der Waals surface area contributed by atoms with Crippen molar-refractivity contribution in [3.8, 4) is 11.5 Å². The molecule has 1 rings (SSSR count). The highest BCUT2D eigenvalue weighted by atomic mass is 16.3. The maximum Gasteiger partial charge on any atom is 0.157 e. The third-order valence-electron chi connectivity index (χ3n) is 1.56. The Kier molecular flexibility index (Phi) is 2.52. The lowest BCUT2D eigenvalue weighted by molar-refractivity contribution is 0.0954. The lowest BCUT2D eigenvalue weighted by Gasteiger charge is -2.07. The van der Waals surface area contributed by atoms with E-state index in [-0.39, 0.29) is 11.5 Å². The first-order valence-electron chi connectivity index (χ1n) is 3.46. The molecule has 0 aromatic heterocycles. The molecular weight excluding hydrogens is 160 g/mol. The van der Waals surface area contributed by atoms with E-state index < -0.39 is 12.7 Å². The van der Waals surface area contributed by atoms with Crippen molar-refractivity contribution in [2.75, 3.05) is 6.61 Å². The molecule has 0 aliphatic heterocycles. The summed E-state index contributed by atoms with van der Waals surface area (Å²) in [5, 5.41) is 35.6. The molecule has 4 nitrogen and oxygen atoms in total. The molecule has 0 saturated heterocycles. The average Bonchev–Trinajstić information content (AvgIpc) is 2.08. The predicted molar refractivity (Wildman–Crippen MR) is 41.8 cm³/mol. The van der Waals surface area contributed by atoms with Crippen molar-refractivity contribution >= 4 is 0 Å². The Morgan fingerprint density at radius 2 is 1.83 bits per heavy atom. The molecule has 0 aliphatic carbocycles. The number of hydrogen-bond acceptors (Lipinski definition) is 4. The fourth-order valence-electron chi connectivity index (χ4n) is 0.853. The molecular formula is C8H10O4. The molecule has 0 aliphatic rings. The van der Waals surface area contributed by atoms with Gasteiger partial charge in [0.15, 0.2) is 11.5 Å². The van der Waals surface area contributed by atoms with Crippen LogP contribution in [0.1, 0.15) is 11.7 Å². The highest BCUT2D eigenvalue weighted by molar-refractivity contribution is 5.41. The average molecular weight is 170 g/mol. The van der Waals surface area contributed by atoms with Crippen molar-refractivity contribution in [1.82, 2.24) is 0 Å². The van der Waals surface area contributed by atoms with E-state index in [1.54, 1.807) is 0 Å². The third-order valence-corrected chi connectivity index (χ3v) is 1.56. The van der Waals surface area contributed by atoms with Crippen molar-refractivity contribution < 1.29 is 20.4 Å². The summed E-state index contributed by atoms with van der Waals surface area (Å²) in [6.45, 7) is -0.412. The predicted octanol–water partition coefficient (Wildman–Crippen LogP) is 0.123. The molecule has 1 unspecified atom stereocenters. The van der Waals surface area contributed by atoms with Crippen LogP contribution in [-0.4, -0.2) is 27.0 Å². The fourth-order valence-corrected chi connectivity index (χ4v) is 0.853. The molecule has 0 radical (unpaired) electrons. The normalized spacial score (nSPS) is 12.8. The number of aliphatic hydroxyl groups is 2. The summed E-state index contributed by atoms with van der Waals surface area (Å²) < 4.78 is 0. The van der Waals surface area contributed by atoms with Gasteiger partial charge in [-0.05, 0) is 17.7 Å². The number of aromatic hydroxyl groups is 2. The van der Waals surface area contributed by atoms with Gasteiger partial charge in [-0.2, -0.15) is 0 Å².